The molecule has 0 aliphatic rings. The monoisotopic (exact) mass is 439 g/mol. The van der Waals surface area contributed by atoms with Crippen LogP contribution in [0.5, 0.6) is 0 Å². The predicted octanol–water partition coefficient (Wildman–Crippen LogP) is 9.45. The van der Waals surface area contributed by atoms with Crippen molar-refractivity contribution in [3.63, 3.8) is 0 Å². The van der Waals surface area contributed by atoms with Crippen molar-refractivity contribution in [1.29, 1.82) is 0 Å². The highest BCUT2D eigenvalue weighted by atomic mass is 15.0. The fraction of sp³-hybridized carbons (Fsp3) is 0.0909. The van der Waals surface area contributed by atoms with Gasteiger partial charge in [-0.05, 0) is 65.6 Å². The molecule has 0 radical (unpaired) electrons. The SMILES string of the molecule is CC.Cc1ccc(-n2c3ccc(-c4ccccc4)cc3c3cc(-c4ccccc4)ccc32)cc1. The van der Waals surface area contributed by atoms with E-state index in [4.69, 9.17) is 0 Å². The van der Waals surface area contributed by atoms with Crippen molar-refractivity contribution in [1.82, 2.24) is 4.57 Å². The van der Waals surface area contributed by atoms with Gasteiger partial charge in [0.25, 0.3) is 0 Å². The molecule has 6 rings (SSSR count). The molecule has 0 aliphatic heterocycles. The zero-order chi connectivity index (χ0) is 23.5. The van der Waals surface area contributed by atoms with Gasteiger partial charge in [0.15, 0.2) is 0 Å². The van der Waals surface area contributed by atoms with Crippen molar-refractivity contribution in [2.24, 2.45) is 0 Å². The lowest BCUT2D eigenvalue weighted by atomic mass is 10.0. The van der Waals surface area contributed by atoms with Crippen LogP contribution < -0.4 is 0 Å². The molecule has 0 amide bonds. The summed E-state index contributed by atoms with van der Waals surface area (Å²) in [5.74, 6) is 0. The van der Waals surface area contributed by atoms with Gasteiger partial charge in [0.1, 0.15) is 0 Å². The van der Waals surface area contributed by atoms with Crippen LogP contribution in [0.3, 0.4) is 0 Å². The van der Waals surface area contributed by atoms with Crippen molar-refractivity contribution in [2.75, 3.05) is 0 Å². The zero-order valence-corrected chi connectivity index (χ0v) is 20.0. The van der Waals surface area contributed by atoms with Gasteiger partial charge in [-0.2, -0.15) is 0 Å². The molecule has 0 spiro atoms. The van der Waals surface area contributed by atoms with E-state index in [2.05, 4.69) is 133 Å². The molecule has 0 atom stereocenters. The van der Waals surface area contributed by atoms with E-state index in [0.717, 1.165) is 0 Å². The first-order chi connectivity index (χ1) is 16.8. The van der Waals surface area contributed by atoms with Crippen LogP contribution in [-0.2, 0) is 0 Å². The summed E-state index contributed by atoms with van der Waals surface area (Å²) in [5, 5.41) is 2.56. The molecule has 0 aliphatic carbocycles. The molecule has 1 heteroatoms. The minimum atomic E-state index is 1.19. The number of rotatable bonds is 3. The third-order valence-electron chi connectivity index (χ3n) is 6.27. The minimum Gasteiger partial charge on any atom is -0.309 e. The van der Waals surface area contributed by atoms with Crippen LogP contribution in [0.25, 0.3) is 49.7 Å². The largest absolute Gasteiger partial charge is 0.309 e. The summed E-state index contributed by atoms with van der Waals surface area (Å²) in [4.78, 5) is 0. The van der Waals surface area contributed by atoms with Crippen molar-refractivity contribution >= 4 is 21.8 Å². The van der Waals surface area contributed by atoms with E-state index >= 15 is 0 Å². The van der Waals surface area contributed by atoms with Gasteiger partial charge in [-0.25, -0.2) is 0 Å². The topological polar surface area (TPSA) is 4.93 Å². The summed E-state index contributed by atoms with van der Waals surface area (Å²) in [5.41, 5.74) is 9.89. The average Bonchev–Trinajstić information content (AvgIpc) is 3.24. The standard InChI is InChI=1S/C31H23N.C2H6/c1-22-12-16-27(17-13-22)32-30-18-14-25(23-8-4-2-5-9-23)20-28(30)29-21-26(15-19-31(29)32)24-10-6-3-7-11-24;1-2/h2-21H,1H3;1-2H3. The lowest BCUT2D eigenvalue weighted by Crippen LogP contribution is -1.93. The Hall–Kier alpha value is -4.10. The molecule has 0 saturated heterocycles. The van der Waals surface area contributed by atoms with Gasteiger partial charge in [-0.3, -0.25) is 0 Å². The summed E-state index contributed by atoms with van der Waals surface area (Å²) < 4.78 is 2.38. The van der Waals surface area contributed by atoms with Crippen LogP contribution in [0.15, 0.2) is 121 Å². The van der Waals surface area contributed by atoms with Crippen LogP contribution in [0.1, 0.15) is 19.4 Å². The van der Waals surface area contributed by atoms with Crippen LogP contribution >= 0.6 is 0 Å². The molecule has 5 aromatic carbocycles. The number of hydrogen-bond acceptors (Lipinski definition) is 0. The molecule has 0 saturated carbocycles. The molecule has 1 aromatic heterocycles. The Morgan fingerprint density at radius 3 is 1.32 bits per heavy atom. The van der Waals surface area contributed by atoms with Gasteiger partial charge in [-0.1, -0.05) is 104 Å². The quantitative estimate of drug-likeness (QED) is 0.259. The molecule has 6 aromatic rings. The van der Waals surface area contributed by atoms with Crippen molar-refractivity contribution < 1.29 is 0 Å². The molecule has 1 heterocycles. The minimum absolute atomic E-state index is 1.19. The zero-order valence-electron chi connectivity index (χ0n) is 20.0. The number of fused-ring (bicyclic) bond motifs is 3. The molecule has 0 fully saturated rings. The highest BCUT2D eigenvalue weighted by Crippen LogP contribution is 2.37. The number of aromatic nitrogens is 1. The van der Waals surface area contributed by atoms with E-state index in [1.54, 1.807) is 0 Å². The van der Waals surface area contributed by atoms with Gasteiger partial charge < -0.3 is 4.57 Å². The maximum atomic E-state index is 2.38. The van der Waals surface area contributed by atoms with Gasteiger partial charge in [-0.15, -0.1) is 0 Å². The Morgan fingerprint density at radius 2 is 0.882 bits per heavy atom. The third-order valence-corrected chi connectivity index (χ3v) is 6.27. The summed E-state index contributed by atoms with van der Waals surface area (Å²) in [6.07, 6.45) is 0. The summed E-state index contributed by atoms with van der Waals surface area (Å²) in [6.45, 7) is 6.13. The van der Waals surface area contributed by atoms with Crippen LogP contribution in [0.4, 0.5) is 0 Å². The maximum Gasteiger partial charge on any atom is 0.0541 e. The second kappa shape index (κ2) is 9.41. The molecular weight excluding hydrogens is 410 g/mol. The molecule has 34 heavy (non-hydrogen) atoms. The van der Waals surface area contributed by atoms with Crippen molar-refractivity contribution in [3.05, 3.63) is 127 Å². The molecule has 0 N–H and O–H groups in total. The Morgan fingerprint density at radius 1 is 0.441 bits per heavy atom. The molecule has 166 valence electrons. The number of aryl methyl sites for hydroxylation is 1. The summed E-state index contributed by atoms with van der Waals surface area (Å²) in [6, 6.07) is 43.7. The smallest absolute Gasteiger partial charge is 0.0541 e. The lowest BCUT2D eigenvalue weighted by molar-refractivity contribution is 1.17. The van der Waals surface area contributed by atoms with Gasteiger partial charge in [0.2, 0.25) is 0 Å². The van der Waals surface area contributed by atoms with E-state index < -0.39 is 0 Å². The average molecular weight is 440 g/mol. The van der Waals surface area contributed by atoms with E-state index in [1.807, 2.05) is 13.8 Å². The maximum absolute atomic E-state index is 2.38. The molecule has 1 nitrogen and oxygen atoms in total. The van der Waals surface area contributed by atoms with Gasteiger partial charge >= 0.3 is 0 Å². The Labute approximate surface area is 201 Å². The van der Waals surface area contributed by atoms with Crippen LogP contribution in [0, 0.1) is 6.92 Å². The lowest BCUT2D eigenvalue weighted by Gasteiger charge is -2.09. The highest BCUT2D eigenvalue weighted by Gasteiger charge is 2.14. The Bertz CT molecular complexity index is 1440. The first-order valence-electron chi connectivity index (χ1n) is 12.0. The van der Waals surface area contributed by atoms with Gasteiger partial charge in [0, 0.05) is 16.5 Å². The number of hydrogen-bond donors (Lipinski definition) is 0. The molecule has 0 unspecified atom stereocenters. The first-order valence-corrected chi connectivity index (χ1v) is 12.0. The second-order valence-corrected chi connectivity index (χ2v) is 8.37. The van der Waals surface area contributed by atoms with Crippen LogP contribution in [0.2, 0.25) is 0 Å². The highest BCUT2D eigenvalue weighted by molar-refractivity contribution is 6.11. The molecule has 0 bridgehead atoms. The summed E-state index contributed by atoms with van der Waals surface area (Å²) in [7, 11) is 0. The van der Waals surface area contributed by atoms with E-state index in [9.17, 15) is 0 Å². The van der Waals surface area contributed by atoms with Gasteiger partial charge in [0.05, 0.1) is 11.0 Å². The Kier molecular flexibility index (Phi) is 6.01. The first kappa shape index (κ1) is 21.7. The van der Waals surface area contributed by atoms with Crippen molar-refractivity contribution in [3.8, 4) is 27.9 Å². The number of benzene rings is 5. The van der Waals surface area contributed by atoms with E-state index in [-0.39, 0.29) is 0 Å². The number of nitrogens with zero attached hydrogens (tertiary/aromatic N) is 1. The normalized spacial score (nSPS) is 10.8. The third kappa shape index (κ3) is 3.91. The van der Waals surface area contributed by atoms with E-state index in [1.165, 1.54) is 55.3 Å². The van der Waals surface area contributed by atoms with Crippen LogP contribution in [-0.4, -0.2) is 4.57 Å². The van der Waals surface area contributed by atoms with Crippen molar-refractivity contribution in [2.45, 2.75) is 20.8 Å². The molecular formula is C33H29N. The fourth-order valence-electron chi connectivity index (χ4n) is 4.62. The second-order valence-electron chi connectivity index (χ2n) is 8.37. The fourth-order valence-corrected chi connectivity index (χ4v) is 4.62. The Balaban J connectivity index is 0.00000117. The summed E-state index contributed by atoms with van der Waals surface area (Å²) >= 11 is 0. The predicted molar refractivity (Wildman–Crippen MR) is 148 cm³/mol. The van der Waals surface area contributed by atoms with E-state index in [0.29, 0.717) is 0 Å².